The van der Waals surface area contributed by atoms with Gasteiger partial charge in [0.25, 0.3) is 0 Å². The smallest absolute Gasteiger partial charge is 0.365 e. The number of nitrogens with zero attached hydrogens (tertiary/aromatic N) is 1. The van der Waals surface area contributed by atoms with Crippen LogP contribution in [0.15, 0.2) is 22.7 Å². The van der Waals surface area contributed by atoms with E-state index in [0.717, 1.165) is 16.6 Å². The van der Waals surface area contributed by atoms with Crippen LogP contribution in [-0.2, 0) is 0 Å². The number of rotatable bonds is 5. The molecule has 1 N–H and O–H groups in total. The summed E-state index contributed by atoms with van der Waals surface area (Å²) in [5.41, 5.74) is 1.44. The lowest BCUT2D eigenvalue weighted by atomic mass is 10.1. The summed E-state index contributed by atoms with van der Waals surface area (Å²) in [7, 11) is 1.46. The van der Waals surface area contributed by atoms with Gasteiger partial charge in [-0.3, -0.25) is 0 Å². The number of hydrogen-bond acceptors (Lipinski definition) is 2. The molecule has 0 bridgehead atoms. The highest BCUT2D eigenvalue weighted by molar-refractivity contribution is 9.10. The van der Waals surface area contributed by atoms with E-state index in [-0.39, 0.29) is 6.04 Å². The van der Waals surface area contributed by atoms with Crippen LogP contribution >= 0.6 is 15.9 Å². The first-order chi connectivity index (χ1) is 8.74. The van der Waals surface area contributed by atoms with Gasteiger partial charge in [-0.2, -0.15) is 13.2 Å². The lowest BCUT2D eigenvalue weighted by Crippen LogP contribution is -2.32. The second-order valence-electron chi connectivity index (χ2n) is 4.45. The van der Waals surface area contributed by atoms with Gasteiger partial charge in [0, 0.05) is 23.2 Å². The molecule has 19 heavy (non-hydrogen) atoms. The van der Waals surface area contributed by atoms with Gasteiger partial charge in [0.1, 0.15) is 6.54 Å². The van der Waals surface area contributed by atoms with E-state index in [9.17, 15) is 13.2 Å². The molecule has 1 rings (SSSR count). The first kappa shape index (κ1) is 16.3. The molecule has 0 radical (unpaired) electrons. The van der Waals surface area contributed by atoms with Crippen LogP contribution in [0.3, 0.4) is 0 Å². The van der Waals surface area contributed by atoms with E-state index >= 15 is 0 Å². The molecule has 1 aromatic carbocycles. The van der Waals surface area contributed by atoms with Gasteiger partial charge < -0.3 is 10.2 Å². The zero-order valence-electron chi connectivity index (χ0n) is 11.2. The maximum absolute atomic E-state index is 12.5. The van der Waals surface area contributed by atoms with Crippen LogP contribution in [0.25, 0.3) is 0 Å². The fraction of sp³-hybridized carbons (Fsp3) is 0.538. The van der Waals surface area contributed by atoms with E-state index in [2.05, 4.69) is 21.2 Å². The first-order valence-corrected chi connectivity index (χ1v) is 6.84. The van der Waals surface area contributed by atoms with Crippen LogP contribution in [0.1, 0.15) is 25.5 Å². The van der Waals surface area contributed by atoms with Crippen LogP contribution in [0.4, 0.5) is 18.9 Å². The van der Waals surface area contributed by atoms with Crippen molar-refractivity contribution in [2.24, 2.45) is 0 Å². The summed E-state index contributed by atoms with van der Waals surface area (Å²) in [4.78, 5) is 1.23. The summed E-state index contributed by atoms with van der Waals surface area (Å²) >= 11 is 3.30. The van der Waals surface area contributed by atoms with Gasteiger partial charge in [-0.05, 0) is 31.2 Å². The third kappa shape index (κ3) is 5.03. The van der Waals surface area contributed by atoms with Crippen molar-refractivity contribution >= 4 is 21.6 Å². The molecule has 0 saturated carbocycles. The Bertz CT molecular complexity index is 421. The highest BCUT2D eigenvalue weighted by Crippen LogP contribution is 2.31. The normalized spacial score (nSPS) is 13.4. The Morgan fingerprint density at radius 1 is 1.37 bits per heavy atom. The van der Waals surface area contributed by atoms with Gasteiger partial charge in [-0.25, -0.2) is 0 Å². The predicted molar refractivity (Wildman–Crippen MR) is 75.6 cm³/mol. The summed E-state index contributed by atoms with van der Waals surface area (Å²) in [6.07, 6.45) is -4.21. The fourth-order valence-electron chi connectivity index (χ4n) is 1.98. The Morgan fingerprint density at radius 3 is 2.53 bits per heavy atom. The summed E-state index contributed by atoms with van der Waals surface area (Å²) < 4.78 is 38.3. The van der Waals surface area contributed by atoms with E-state index in [4.69, 9.17) is 0 Å². The highest BCUT2D eigenvalue weighted by atomic mass is 79.9. The Morgan fingerprint density at radius 2 is 2.00 bits per heavy atom. The fourth-order valence-corrected chi connectivity index (χ4v) is 2.33. The number of halogens is 4. The van der Waals surface area contributed by atoms with Crippen molar-refractivity contribution in [2.45, 2.75) is 26.1 Å². The molecule has 0 amide bonds. The molecule has 0 spiro atoms. The molecule has 0 saturated heterocycles. The average Bonchev–Trinajstić information content (AvgIpc) is 2.26. The molecule has 0 aliphatic rings. The lowest BCUT2D eigenvalue weighted by Gasteiger charge is -2.26. The SMILES string of the molecule is CCNC(C)c1ccc(Br)cc1N(C)CC(F)(F)F. The second-order valence-corrected chi connectivity index (χ2v) is 5.37. The topological polar surface area (TPSA) is 15.3 Å². The number of nitrogens with one attached hydrogen (secondary N) is 1. The Hall–Kier alpha value is -0.750. The van der Waals surface area contributed by atoms with Crippen molar-refractivity contribution in [3.63, 3.8) is 0 Å². The van der Waals surface area contributed by atoms with Crippen molar-refractivity contribution in [1.82, 2.24) is 5.32 Å². The Balaban J connectivity index is 3.06. The second kappa shape index (κ2) is 6.61. The quantitative estimate of drug-likeness (QED) is 0.868. The first-order valence-electron chi connectivity index (χ1n) is 6.05. The predicted octanol–water partition coefficient (Wildman–Crippen LogP) is 4.12. The van der Waals surface area contributed by atoms with Gasteiger partial charge in [0.05, 0.1) is 0 Å². The van der Waals surface area contributed by atoms with Crippen LogP contribution in [0, 0.1) is 0 Å². The van der Waals surface area contributed by atoms with E-state index in [1.807, 2.05) is 26.0 Å². The Kier molecular flexibility index (Phi) is 5.67. The Labute approximate surface area is 120 Å². The summed E-state index contributed by atoms with van der Waals surface area (Å²) in [5, 5.41) is 3.22. The molecular weight excluding hydrogens is 321 g/mol. The summed E-state index contributed by atoms with van der Waals surface area (Å²) in [6.45, 7) is 3.71. The van der Waals surface area contributed by atoms with Crippen LogP contribution in [0.2, 0.25) is 0 Å². The maximum atomic E-state index is 12.5. The lowest BCUT2D eigenvalue weighted by molar-refractivity contribution is -0.119. The van der Waals surface area contributed by atoms with Crippen molar-refractivity contribution in [2.75, 3.05) is 25.0 Å². The molecule has 1 aromatic rings. The summed E-state index contributed by atoms with van der Waals surface area (Å²) in [5.74, 6) is 0. The third-order valence-electron chi connectivity index (χ3n) is 2.80. The number of anilines is 1. The van der Waals surface area contributed by atoms with Crippen molar-refractivity contribution < 1.29 is 13.2 Å². The summed E-state index contributed by atoms with van der Waals surface area (Å²) in [6, 6.07) is 5.41. The molecule has 108 valence electrons. The monoisotopic (exact) mass is 338 g/mol. The van der Waals surface area contributed by atoms with Crippen LogP contribution in [-0.4, -0.2) is 26.3 Å². The van der Waals surface area contributed by atoms with E-state index < -0.39 is 12.7 Å². The standard InChI is InChI=1S/C13H18BrF3N2/c1-4-18-9(2)11-6-5-10(14)7-12(11)19(3)8-13(15,16)17/h5-7,9,18H,4,8H2,1-3H3. The molecule has 1 unspecified atom stereocenters. The molecule has 0 fully saturated rings. The highest BCUT2D eigenvalue weighted by Gasteiger charge is 2.30. The van der Waals surface area contributed by atoms with Crippen LogP contribution < -0.4 is 10.2 Å². The zero-order valence-corrected chi connectivity index (χ0v) is 12.8. The van der Waals surface area contributed by atoms with Crippen molar-refractivity contribution in [1.29, 1.82) is 0 Å². The number of alkyl halides is 3. The molecule has 1 atom stereocenters. The largest absolute Gasteiger partial charge is 0.405 e. The van der Waals surface area contributed by atoms with E-state index in [1.54, 1.807) is 6.07 Å². The zero-order chi connectivity index (χ0) is 14.6. The van der Waals surface area contributed by atoms with Gasteiger partial charge in [0.2, 0.25) is 0 Å². The van der Waals surface area contributed by atoms with E-state index in [1.165, 1.54) is 11.9 Å². The average molecular weight is 339 g/mol. The van der Waals surface area contributed by atoms with Crippen molar-refractivity contribution in [3.8, 4) is 0 Å². The van der Waals surface area contributed by atoms with Gasteiger partial charge in [0.15, 0.2) is 0 Å². The van der Waals surface area contributed by atoms with Crippen LogP contribution in [0.5, 0.6) is 0 Å². The molecule has 0 aliphatic heterocycles. The minimum atomic E-state index is -4.21. The van der Waals surface area contributed by atoms with E-state index in [0.29, 0.717) is 5.69 Å². The minimum Gasteiger partial charge on any atom is -0.365 e. The van der Waals surface area contributed by atoms with Crippen molar-refractivity contribution in [3.05, 3.63) is 28.2 Å². The third-order valence-corrected chi connectivity index (χ3v) is 3.29. The molecule has 0 aromatic heterocycles. The molecule has 2 nitrogen and oxygen atoms in total. The molecule has 6 heteroatoms. The number of benzene rings is 1. The minimum absolute atomic E-state index is 0.00350. The van der Waals surface area contributed by atoms with Gasteiger partial charge >= 0.3 is 6.18 Å². The molecule has 0 aliphatic carbocycles. The number of hydrogen-bond donors (Lipinski definition) is 1. The van der Waals surface area contributed by atoms with Gasteiger partial charge in [-0.1, -0.05) is 28.9 Å². The maximum Gasteiger partial charge on any atom is 0.405 e. The molecular formula is C13H18BrF3N2. The molecule has 0 heterocycles. The van der Waals surface area contributed by atoms with Gasteiger partial charge in [-0.15, -0.1) is 0 Å².